The highest BCUT2D eigenvalue weighted by Crippen LogP contribution is 2.44. The molecule has 0 radical (unpaired) electrons. The number of benzene rings is 5. The van der Waals surface area contributed by atoms with Crippen molar-refractivity contribution in [3.05, 3.63) is 310 Å². The molecule has 5 aromatic carbocycles. The fourth-order valence-corrected chi connectivity index (χ4v) is 14.4. The SMILES string of the molecule is COc1ccc(-c2cc(-c3ccccc3F)nc3ncccc23)c2cc(N)ncc12.COc1cnc(-c2cc(-c3ccccc3F)nc3ncccc23)c2ccnc(N)c12.COc1cnc(-c2cc(-c3ccccc3F)nc3ncccc23)c2ccncc12.COc1ncc(-c2cc(-c3ccccc3F)nc3ncccc23)c2ccncc12. The van der Waals surface area contributed by atoms with Gasteiger partial charge in [0.05, 0.1) is 85.8 Å². The van der Waals surface area contributed by atoms with Crippen LogP contribution in [0, 0.1) is 23.3 Å². The first-order chi connectivity index (χ1) is 57.8. The molecule has 0 amide bonds. The van der Waals surface area contributed by atoms with E-state index in [1.54, 1.807) is 182 Å². The van der Waals surface area contributed by atoms with Crippen molar-refractivity contribution in [1.29, 1.82) is 0 Å². The van der Waals surface area contributed by atoms with Crippen molar-refractivity contribution in [2.24, 2.45) is 0 Å². The molecule has 25 heteroatoms. The van der Waals surface area contributed by atoms with E-state index >= 15 is 0 Å². The summed E-state index contributed by atoms with van der Waals surface area (Å²) < 4.78 is 79.7. The lowest BCUT2D eigenvalue weighted by Crippen LogP contribution is -1.99. The first-order valence-corrected chi connectivity index (χ1v) is 36.7. The molecule has 0 aliphatic rings. The van der Waals surface area contributed by atoms with E-state index in [9.17, 15) is 17.6 Å². The van der Waals surface area contributed by atoms with E-state index in [2.05, 4.69) is 74.8 Å². The van der Waals surface area contributed by atoms with E-state index in [-0.39, 0.29) is 23.3 Å². The molecule has 20 aromatic rings. The summed E-state index contributed by atoms with van der Waals surface area (Å²) in [4.78, 5) is 66.6. The lowest BCUT2D eigenvalue weighted by atomic mass is 9.95. The quantitative estimate of drug-likeness (QED) is 0.107. The largest absolute Gasteiger partial charge is 0.496 e. The molecule has 0 unspecified atom stereocenters. The Bertz CT molecular complexity index is 6950. The molecule has 0 atom stereocenters. The van der Waals surface area contributed by atoms with Crippen molar-refractivity contribution in [1.82, 2.24) is 74.8 Å². The van der Waals surface area contributed by atoms with Crippen LogP contribution in [-0.2, 0) is 0 Å². The molecule has 0 aliphatic carbocycles. The summed E-state index contributed by atoms with van der Waals surface area (Å²) in [5, 5.41) is 9.99. The van der Waals surface area contributed by atoms with Crippen molar-refractivity contribution < 1.29 is 36.5 Å². The van der Waals surface area contributed by atoms with Gasteiger partial charge in [-0.1, -0.05) is 54.6 Å². The average Bonchev–Trinajstić information content (AvgIpc) is 0.768. The molecule has 0 aliphatic heterocycles. The molecule has 118 heavy (non-hydrogen) atoms. The Kier molecular flexibility index (Phi) is 20.6. The fourth-order valence-electron chi connectivity index (χ4n) is 14.4. The maximum Gasteiger partial charge on any atom is 0.222 e. The van der Waals surface area contributed by atoms with Gasteiger partial charge in [-0.3, -0.25) is 19.9 Å². The van der Waals surface area contributed by atoms with Crippen molar-refractivity contribution in [2.75, 3.05) is 39.9 Å². The topological polar surface area (TPSA) is 282 Å². The molecule has 0 saturated carbocycles. The molecule has 572 valence electrons. The van der Waals surface area contributed by atoms with Crippen LogP contribution in [0.1, 0.15) is 0 Å². The van der Waals surface area contributed by atoms with Gasteiger partial charge in [0.25, 0.3) is 0 Å². The number of aromatic nitrogens is 15. The van der Waals surface area contributed by atoms with Crippen LogP contribution < -0.4 is 30.4 Å². The number of nitrogens with two attached hydrogens (primary N) is 2. The zero-order chi connectivity index (χ0) is 80.9. The smallest absolute Gasteiger partial charge is 0.222 e. The zero-order valence-electron chi connectivity index (χ0n) is 63.1. The van der Waals surface area contributed by atoms with Crippen molar-refractivity contribution >= 4 is 98.9 Å². The zero-order valence-corrected chi connectivity index (χ0v) is 63.1. The second-order valence-electron chi connectivity index (χ2n) is 26.6. The molecule has 0 fully saturated rings. The van der Waals surface area contributed by atoms with E-state index in [1.807, 2.05) is 109 Å². The molecule has 0 spiro atoms. The second-order valence-corrected chi connectivity index (χ2v) is 26.6. The average molecular weight is 1560 g/mol. The summed E-state index contributed by atoms with van der Waals surface area (Å²) in [7, 11) is 6.36. The van der Waals surface area contributed by atoms with E-state index in [0.717, 1.165) is 98.3 Å². The van der Waals surface area contributed by atoms with Gasteiger partial charge in [0.1, 0.15) is 52.2 Å². The number of hydrogen-bond acceptors (Lipinski definition) is 21. The van der Waals surface area contributed by atoms with Crippen LogP contribution in [-0.4, -0.2) is 103 Å². The molecular weight excluding hydrogens is 1500 g/mol. The van der Waals surface area contributed by atoms with Crippen LogP contribution >= 0.6 is 0 Å². The minimum Gasteiger partial charge on any atom is -0.496 e. The van der Waals surface area contributed by atoms with E-state index < -0.39 is 0 Å². The van der Waals surface area contributed by atoms with Gasteiger partial charge in [-0.2, -0.15) is 0 Å². The van der Waals surface area contributed by atoms with Crippen LogP contribution in [0.25, 0.3) is 177 Å². The molecule has 0 bridgehead atoms. The standard InChI is InChI=1S/C24H17FN4O.C23H16FN5O.2C23H15FN4O/c1-30-22-9-8-14(18-12-23(26)28-13-19(18)22)17-11-21(16-5-2-3-7-20(16)25)29-24-15(17)6-4-10-27-24;1-30-19-12-28-21(15-8-10-26-22(25)20(15)19)16-11-18(14-5-2-3-7-17(14)24)29-23-13(16)6-4-9-27-23;1-29-23-19-12-25-10-8-14(19)18(13-27-23)17-11-21(16-5-2-3-7-20(16)24)28-22-15(17)6-4-9-26-22;1-29-21-13-27-22(14-8-10-25-12-18(14)21)17-11-20(16-5-2-3-7-19(16)24)28-23-15(17)6-4-9-26-23/h2-13H,1H3,(H2,26,28);2-12H,1H3,(H2,25,26);2*2-13H,1H3. The number of anilines is 2. The number of ether oxygens (including phenoxy) is 4. The van der Waals surface area contributed by atoms with Gasteiger partial charge >= 0.3 is 0 Å². The van der Waals surface area contributed by atoms with Crippen LogP contribution in [0.4, 0.5) is 29.2 Å². The van der Waals surface area contributed by atoms with Crippen molar-refractivity contribution in [3.63, 3.8) is 0 Å². The Morgan fingerprint density at radius 1 is 0.254 bits per heavy atom. The molecule has 15 heterocycles. The van der Waals surface area contributed by atoms with Gasteiger partial charge in [0.2, 0.25) is 5.88 Å². The van der Waals surface area contributed by atoms with Gasteiger partial charge in [-0.25, -0.2) is 72.4 Å². The minimum absolute atomic E-state index is 0.330. The first kappa shape index (κ1) is 74.7. The van der Waals surface area contributed by atoms with E-state index in [4.69, 9.17) is 30.4 Å². The third-order valence-electron chi connectivity index (χ3n) is 19.9. The van der Waals surface area contributed by atoms with Crippen molar-refractivity contribution in [2.45, 2.75) is 0 Å². The summed E-state index contributed by atoms with van der Waals surface area (Å²) >= 11 is 0. The monoisotopic (exact) mass is 1560 g/mol. The summed E-state index contributed by atoms with van der Waals surface area (Å²) in [5.74, 6) is 1.77. The van der Waals surface area contributed by atoms with Crippen LogP contribution in [0.3, 0.4) is 0 Å². The van der Waals surface area contributed by atoms with Crippen LogP contribution in [0.15, 0.2) is 287 Å². The second kappa shape index (κ2) is 32.6. The molecule has 15 aromatic heterocycles. The maximum absolute atomic E-state index is 14.5. The van der Waals surface area contributed by atoms with Gasteiger partial charge in [-0.05, 0) is 179 Å². The highest BCUT2D eigenvalue weighted by molar-refractivity contribution is 6.11. The highest BCUT2D eigenvalue weighted by atomic mass is 19.1. The highest BCUT2D eigenvalue weighted by Gasteiger charge is 2.24. The van der Waals surface area contributed by atoms with E-state index in [1.165, 1.54) is 24.3 Å². The Hall–Kier alpha value is -16.1. The Morgan fingerprint density at radius 2 is 0.669 bits per heavy atom. The summed E-state index contributed by atoms with van der Waals surface area (Å²) in [6.07, 6.45) is 22.0. The lowest BCUT2D eigenvalue weighted by Gasteiger charge is -2.14. The van der Waals surface area contributed by atoms with E-state index in [0.29, 0.717) is 113 Å². The Morgan fingerprint density at radius 3 is 1.14 bits per heavy atom. The Labute approximate surface area is 669 Å². The number of pyridine rings is 15. The molecule has 21 nitrogen and oxygen atoms in total. The maximum atomic E-state index is 14.5. The molecular formula is C93H63F4N17O4. The summed E-state index contributed by atoms with van der Waals surface area (Å²) in [6.45, 7) is 0. The third-order valence-corrected chi connectivity index (χ3v) is 19.9. The number of fused-ring (bicyclic) bond motifs is 8. The van der Waals surface area contributed by atoms with Crippen molar-refractivity contribution in [3.8, 4) is 113 Å². The van der Waals surface area contributed by atoms with Gasteiger partial charge in [0, 0.05) is 150 Å². The van der Waals surface area contributed by atoms with Gasteiger partial charge in [-0.15, -0.1) is 0 Å². The molecule has 0 saturated heterocycles. The number of halogens is 4. The lowest BCUT2D eigenvalue weighted by molar-refractivity contribution is 0.403. The summed E-state index contributed by atoms with van der Waals surface area (Å²) in [6, 6.07) is 60.2. The molecule has 4 N–H and O–H groups in total. The summed E-state index contributed by atoms with van der Waals surface area (Å²) in [5.41, 5.74) is 24.4. The Balaban J connectivity index is 0.000000113. The van der Waals surface area contributed by atoms with Crippen LogP contribution in [0.2, 0.25) is 0 Å². The van der Waals surface area contributed by atoms with Crippen LogP contribution in [0.5, 0.6) is 23.1 Å². The predicted molar refractivity (Wildman–Crippen MR) is 451 cm³/mol. The number of hydrogen-bond donors (Lipinski definition) is 2. The number of rotatable bonds is 12. The normalized spacial score (nSPS) is 11.1. The minimum atomic E-state index is -0.354. The number of nitrogens with zero attached hydrogens (tertiary/aromatic N) is 15. The first-order valence-electron chi connectivity index (χ1n) is 36.7. The number of methoxy groups -OCH3 is 4. The van der Waals surface area contributed by atoms with Gasteiger partial charge < -0.3 is 30.4 Å². The fraction of sp³-hybridized carbons (Fsp3) is 0.0430. The predicted octanol–water partition coefficient (Wildman–Crippen LogP) is 20.0. The van der Waals surface area contributed by atoms with Gasteiger partial charge in [0.15, 0.2) is 22.6 Å². The third kappa shape index (κ3) is 14.4. The molecule has 20 rings (SSSR count). The number of nitrogen functional groups attached to an aromatic ring is 2.